The maximum absolute atomic E-state index is 11.8. The van der Waals surface area contributed by atoms with E-state index in [9.17, 15) is 10.00 Å². The number of aliphatic hydroxyl groups excluding tert-OH is 1. The predicted molar refractivity (Wildman–Crippen MR) is 84.8 cm³/mol. The average molecular weight is 419 g/mol. The van der Waals surface area contributed by atoms with Gasteiger partial charge in [0.05, 0.1) is 34.0 Å². The number of nitrogens with zero attached hydrogens (tertiary/aromatic N) is 2. The van der Waals surface area contributed by atoms with Crippen LogP contribution < -0.4 is 34.5 Å². The maximum Gasteiger partial charge on any atom is 1.00 e. The minimum atomic E-state index is -3.58. The maximum atomic E-state index is 11.8. The minimum Gasteiger partial charge on any atom is -0.780 e. The second-order valence-corrected chi connectivity index (χ2v) is 8.80. The summed E-state index contributed by atoms with van der Waals surface area (Å²) < 4.78 is 17.5. The molecule has 2 aliphatic heterocycles. The molecule has 0 aliphatic carbocycles. The van der Waals surface area contributed by atoms with Gasteiger partial charge in [0, 0.05) is 0 Å². The topological polar surface area (TPSA) is 88.8 Å². The molecule has 124 valence electrons. The van der Waals surface area contributed by atoms with Crippen molar-refractivity contribution in [1.82, 2.24) is 9.55 Å². The van der Waals surface area contributed by atoms with Crippen molar-refractivity contribution in [1.29, 1.82) is 0 Å². The molecule has 0 radical (unpaired) electrons. The molecule has 24 heavy (non-hydrogen) atoms. The molecule has 0 bridgehead atoms. The first kappa shape index (κ1) is 19.5. The van der Waals surface area contributed by atoms with Crippen molar-refractivity contribution in [3.05, 3.63) is 28.5 Å². The molecule has 0 amide bonds. The van der Waals surface area contributed by atoms with E-state index in [1.165, 1.54) is 6.33 Å². The molecular weight excluding hydrogens is 409 g/mol. The van der Waals surface area contributed by atoms with Crippen molar-refractivity contribution < 1.29 is 53.3 Å². The Kier molecular flexibility index (Phi) is 5.71. The minimum absolute atomic E-state index is 0. The molecule has 1 unspecified atom stereocenters. The van der Waals surface area contributed by atoms with E-state index < -0.39 is 31.3 Å². The Morgan fingerprint density at radius 3 is 2.83 bits per heavy atom. The Balaban J connectivity index is 0.00000169. The van der Waals surface area contributed by atoms with E-state index in [1.54, 1.807) is 16.7 Å². The largest absolute Gasteiger partial charge is 1.00 e. The third-order valence-corrected chi connectivity index (χ3v) is 6.11. The van der Waals surface area contributed by atoms with E-state index in [0.717, 1.165) is 0 Å². The van der Waals surface area contributed by atoms with Crippen LogP contribution in [-0.4, -0.2) is 39.6 Å². The number of benzene rings is 1. The summed E-state index contributed by atoms with van der Waals surface area (Å²) >= 11 is 16.7. The van der Waals surface area contributed by atoms with Crippen molar-refractivity contribution >= 4 is 52.8 Å². The van der Waals surface area contributed by atoms with Gasteiger partial charge in [-0.25, -0.2) is 4.98 Å². The molecule has 1 aromatic heterocycles. The van der Waals surface area contributed by atoms with Gasteiger partial charge >= 0.3 is 29.6 Å². The second kappa shape index (κ2) is 7.03. The normalized spacial score (nSPS) is 35.7. The van der Waals surface area contributed by atoms with Crippen molar-refractivity contribution in [2.24, 2.45) is 0 Å². The standard InChI is InChI=1S/C12H11Cl2N2O5PS.Na/c13-5-1-7-8(2-6(5)14)16(4-15-7)12-10(17)11-9(20-12)3-19-22(18,23)21-11;/h1-2,4,9-12,17H,3H2,(H,18,23);/q;+1/p-1/t9-,10-,11-,12-,22?;/m1./s1. The Morgan fingerprint density at radius 2 is 2.08 bits per heavy atom. The van der Waals surface area contributed by atoms with Crippen molar-refractivity contribution in [3.8, 4) is 0 Å². The summed E-state index contributed by atoms with van der Waals surface area (Å²) in [5.74, 6) is 0. The zero-order chi connectivity index (χ0) is 16.4. The third kappa shape index (κ3) is 3.33. The van der Waals surface area contributed by atoms with Crippen LogP contribution in [0.15, 0.2) is 18.5 Å². The molecule has 2 fully saturated rings. The average Bonchev–Trinajstić information content (AvgIpc) is 3.01. The number of aliphatic hydroxyl groups is 1. The van der Waals surface area contributed by atoms with Crippen LogP contribution in [0.4, 0.5) is 0 Å². The number of imidazole rings is 1. The predicted octanol–water partition coefficient (Wildman–Crippen LogP) is -1.39. The summed E-state index contributed by atoms with van der Waals surface area (Å²) in [4.78, 5) is 16.0. The summed E-state index contributed by atoms with van der Waals surface area (Å²) in [6, 6.07) is 3.26. The van der Waals surface area contributed by atoms with E-state index in [1.807, 2.05) is 0 Å². The summed E-state index contributed by atoms with van der Waals surface area (Å²) in [5.41, 5.74) is 1.25. The van der Waals surface area contributed by atoms with E-state index in [-0.39, 0.29) is 36.2 Å². The zero-order valence-corrected chi connectivity index (χ0v) is 17.6. The van der Waals surface area contributed by atoms with Gasteiger partial charge in [0.25, 0.3) is 0 Å². The zero-order valence-electron chi connectivity index (χ0n) is 12.3. The number of hydrogen-bond donors (Lipinski definition) is 1. The number of halogens is 2. The number of ether oxygens (including phenoxy) is 1. The van der Waals surface area contributed by atoms with Gasteiger partial charge < -0.3 is 28.4 Å². The van der Waals surface area contributed by atoms with Crippen LogP contribution in [0.3, 0.4) is 0 Å². The first-order chi connectivity index (χ1) is 10.9. The first-order valence-electron chi connectivity index (χ1n) is 6.65. The van der Waals surface area contributed by atoms with Crippen molar-refractivity contribution in [2.45, 2.75) is 24.5 Å². The summed E-state index contributed by atoms with van der Waals surface area (Å²) in [6.45, 7) is -3.58. The number of fused-ring (bicyclic) bond motifs is 2. The van der Waals surface area contributed by atoms with Gasteiger partial charge in [0.1, 0.15) is 25.0 Å². The summed E-state index contributed by atoms with van der Waals surface area (Å²) in [7, 11) is 0. The summed E-state index contributed by atoms with van der Waals surface area (Å²) in [6.07, 6.45) is -1.75. The molecule has 12 heteroatoms. The molecular formula is C12H10Cl2N2NaO5PS. The molecule has 2 aromatic rings. The monoisotopic (exact) mass is 418 g/mol. The van der Waals surface area contributed by atoms with Gasteiger partial charge in [-0.15, -0.1) is 0 Å². The number of aromatic nitrogens is 2. The Morgan fingerprint density at radius 1 is 1.38 bits per heavy atom. The molecule has 1 aromatic carbocycles. The molecule has 3 heterocycles. The number of hydrogen-bond acceptors (Lipinski definition) is 7. The molecule has 0 spiro atoms. The number of rotatable bonds is 1. The van der Waals surface area contributed by atoms with Crippen LogP contribution in [0.1, 0.15) is 6.23 Å². The van der Waals surface area contributed by atoms with Gasteiger partial charge in [0.2, 0.25) is 0 Å². The fraction of sp³-hybridized carbons (Fsp3) is 0.417. The van der Waals surface area contributed by atoms with Gasteiger partial charge in [-0.3, -0.25) is 0 Å². The van der Waals surface area contributed by atoms with Crippen LogP contribution in [0.2, 0.25) is 10.0 Å². The Hall–Kier alpha value is 0.720. The van der Waals surface area contributed by atoms with Gasteiger partial charge in [-0.05, 0) is 12.1 Å². The Labute approximate surface area is 174 Å². The molecule has 4 rings (SSSR count). The van der Waals surface area contributed by atoms with Crippen molar-refractivity contribution in [3.63, 3.8) is 0 Å². The third-order valence-electron chi connectivity index (χ3n) is 3.85. The van der Waals surface area contributed by atoms with E-state index in [4.69, 9.17) is 48.8 Å². The van der Waals surface area contributed by atoms with Gasteiger partial charge in [-0.2, -0.15) is 0 Å². The van der Waals surface area contributed by atoms with Crippen LogP contribution in [0.5, 0.6) is 0 Å². The fourth-order valence-corrected chi connectivity index (χ4v) is 4.53. The van der Waals surface area contributed by atoms with Crippen molar-refractivity contribution in [2.75, 3.05) is 6.61 Å². The van der Waals surface area contributed by atoms with E-state index >= 15 is 0 Å². The first-order valence-corrected chi connectivity index (χ1v) is 9.96. The molecule has 2 saturated heterocycles. The van der Waals surface area contributed by atoms with Crippen LogP contribution >= 0.6 is 29.9 Å². The van der Waals surface area contributed by atoms with Crippen LogP contribution in [0, 0.1) is 0 Å². The quantitative estimate of drug-likeness (QED) is 0.450. The second-order valence-electron chi connectivity index (χ2n) is 5.28. The summed E-state index contributed by atoms with van der Waals surface area (Å²) in [5, 5.41) is 11.2. The SMILES string of the molecule is [Na+].[O-]P1(=S)OC[C@H]2O[C@@H](n3cnc4cc(Cl)c(Cl)cc43)[C@H](O)[C@@H]2O1. The Bertz CT molecular complexity index is 839. The molecule has 1 N–H and O–H groups in total. The molecule has 5 atom stereocenters. The van der Waals surface area contributed by atoms with Crippen LogP contribution in [0.25, 0.3) is 11.0 Å². The van der Waals surface area contributed by atoms with Gasteiger partial charge in [0.15, 0.2) is 6.23 Å². The van der Waals surface area contributed by atoms with Gasteiger partial charge in [-0.1, -0.05) is 35.0 Å². The van der Waals surface area contributed by atoms with E-state index in [2.05, 4.69) is 4.98 Å². The molecule has 2 aliphatic rings. The fourth-order valence-electron chi connectivity index (χ4n) is 2.78. The smallest absolute Gasteiger partial charge is 0.780 e. The van der Waals surface area contributed by atoms with E-state index in [0.29, 0.717) is 21.1 Å². The molecule has 0 saturated carbocycles. The molecule has 7 nitrogen and oxygen atoms in total. The van der Waals surface area contributed by atoms with Crippen LogP contribution in [-0.2, 0) is 25.6 Å².